The molecule has 2 aromatic rings. The number of hydrogen-bond donors (Lipinski definition) is 0. The van der Waals surface area contributed by atoms with Gasteiger partial charge in [-0.15, -0.1) is 13.2 Å². The van der Waals surface area contributed by atoms with E-state index in [1.165, 1.54) is 18.3 Å². The summed E-state index contributed by atoms with van der Waals surface area (Å²) in [7, 11) is 0. The van der Waals surface area contributed by atoms with Crippen LogP contribution < -0.4 is 4.74 Å². The highest BCUT2D eigenvalue weighted by atomic mass is 19.4. The number of nitrogens with zero attached hydrogens (tertiary/aromatic N) is 3. The van der Waals surface area contributed by atoms with E-state index < -0.39 is 17.7 Å². The molecule has 0 aliphatic carbocycles. The highest BCUT2D eigenvalue weighted by molar-refractivity contribution is 5.81. The second-order valence-corrected chi connectivity index (χ2v) is 8.78. The van der Waals surface area contributed by atoms with Crippen LogP contribution in [0.2, 0.25) is 0 Å². The van der Waals surface area contributed by atoms with Crippen molar-refractivity contribution in [3.63, 3.8) is 0 Å². The second-order valence-electron chi connectivity index (χ2n) is 8.78. The van der Waals surface area contributed by atoms with Crippen molar-refractivity contribution >= 4 is 12.4 Å². The van der Waals surface area contributed by atoms with Crippen molar-refractivity contribution in [1.29, 1.82) is 0 Å². The third-order valence-corrected chi connectivity index (χ3v) is 5.02. The van der Waals surface area contributed by atoms with Crippen LogP contribution in [-0.4, -0.2) is 52.1 Å². The molecule has 1 aliphatic heterocycles. The zero-order valence-electron chi connectivity index (χ0n) is 18.2. The lowest BCUT2D eigenvalue weighted by atomic mass is 9.97. The molecule has 0 bridgehead atoms. The van der Waals surface area contributed by atoms with Gasteiger partial charge in [-0.05, 0) is 57.7 Å². The van der Waals surface area contributed by atoms with Gasteiger partial charge in [0.05, 0.1) is 6.20 Å². The van der Waals surface area contributed by atoms with Crippen molar-refractivity contribution in [2.24, 2.45) is 5.92 Å². The highest BCUT2D eigenvalue weighted by Gasteiger charge is 2.32. The molecule has 174 valence electrons. The number of hydrogen-bond acceptors (Lipinski definition) is 5. The molecule has 1 saturated heterocycles. The normalized spacial score (nSPS) is 15.5. The third-order valence-electron chi connectivity index (χ3n) is 5.02. The van der Waals surface area contributed by atoms with Gasteiger partial charge in [0.2, 0.25) is 0 Å². The first-order chi connectivity index (χ1) is 14.9. The molecule has 3 rings (SSSR count). The molecular weight excluding hydrogens is 427 g/mol. The number of rotatable bonds is 5. The Hall–Kier alpha value is -3.04. The topological polar surface area (TPSA) is 73.7 Å². The first-order valence-corrected chi connectivity index (χ1v) is 10.3. The van der Waals surface area contributed by atoms with Gasteiger partial charge in [-0.2, -0.15) is 5.10 Å². The Bertz CT molecular complexity index is 958. The van der Waals surface area contributed by atoms with E-state index >= 15 is 0 Å². The summed E-state index contributed by atoms with van der Waals surface area (Å²) in [6.45, 7) is 7.16. The van der Waals surface area contributed by atoms with Gasteiger partial charge in [0.25, 0.3) is 0 Å². The molecule has 0 saturated carbocycles. The summed E-state index contributed by atoms with van der Waals surface area (Å²) in [4.78, 5) is 25.0. The van der Waals surface area contributed by atoms with Crippen molar-refractivity contribution in [2.45, 2.75) is 52.1 Å². The number of benzene rings is 1. The van der Waals surface area contributed by atoms with Gasteiger partial charge in [-0.25, -0.2) is 4.79 Å². The van der Waals surface area contributed by atoms with Gasteiger partial charge in [0, 0.05) is 42.5 Å². The molecule has 32 heavy (non-hydrogen) atoms. The smallest absolute Gasteiger partial charge is 0.444 e. The lowest BCUT2D eigenvalue weighted by Gasteiger charge is -2.33. The molecule has 1 aromatic heterocycles. The summed E-state index contributed by atoms with van der Waals surface area (Å²) < 4.78 is 49.5. The monoisotopic (exact) mass is 453 g/mol. The Morgan fingerprint density at radius 3 is 2.50 bits per heavy atom. The molecule has 0 unspecified atom stereocenters. The van der Waals surface area contributed by atoms with Crippen LogP contribution in [0.3, 0.4) is 0 Å². The number of likely N-dealkylation sites (tertiary alicyclic amines) is 1. The van der Waals surface area contributed by atoms with Crippen LogP contribution in [0, 0.1) is 5.92 Å². The molecule has 1 fully saturated rings. The van der Waals surface area contributed by atoms with Gasteiger partial charge in [-0.3, -0.25) is 9.48 Å². The molecular formula is C22H26F3N3O4. The Balaban J connectivity index is 1.66. The third kappa shape index (κ3) is 6.48. The van der Waals surface area contributed by atoms with Crippen molar-refractivity contribution in [3.8, 4) is 16.9 Å². The largest absolute Gasteiger partial charge is 0.573 e. The number of ether oxygens (including phenoxy) is 2. The Morgan fingerprint density at radius 1 is 1.22 bits per heavy atom. The molecule has 0 spiro atoms. The molecule has 1 aliphatic rings. The fourth-order valence-corrected chi connectivity index (χ4v) is 3.55. The van der Waals surface area contributed by atoms with Crippen LogP contribution >= 0.6 is 0 Å². The molecule has 0 N–H and O–H groups in total. The molecule has 0 radical (unpaired) electrons. The Morgan fingerprint density at radius 2 is 1.91 bits per heavy atom. The van der Waals surface area contributed by atoms with Crippen molar-refractivity contribution in [3.05, 3.63) is 36.2 Å². The fourth-order valence-electron chi connectivity index (χ4n) is 3.55. The summed E-state index contributed by atoms with van der Waals surface area (Å²) in [5.41, 5.74) is 0.240. The zero-order valence-corrected chi connectivity index (χ0v) is 18.2. The van der Waals surface area contributed by atoms with Gasteiger partial charge in [0.1, 0.15) is 17.6 Å². The number of alkyl halides is 3. The quantitative estimate of drug-likeness (QED) is 0.602. The molecule has 7 nitrogen and oxygen atoms in total. The van der Waals surface area contributed by atoms with Crippen LogP contribution in [0.4, 0.5) is 18.0 Å². The minimum absolute atomic E-state index is 0.137. The van der Waals surface area contributed by atoms with Gasteiger partial charge < -0.3 is 14.4 Å². The summed E-state index contributed by atoms with van der Waals surface area (Å²) in [5, 5.41) is 4.27. The van der Waals surface area contributed by atoms with E-state index in [4.69, 9.17) is 4.74 Å². The highest BCUT2D eigenvalue weighted by Crippen LogP contribution is 2.34. The molecule has 2 heterocycles. The number of aldehydes is 1. The van der Waals surface area contributed by atoms with Crippen LogP contribution in [0.5, 0.6) is 5.75 Å². The average Bonchev–Trinajstić information content (AvgIpc) is 3.14. The SMILES string of the molecule is CC(C)(C)OC(=O)N1CCC(Cn2cc(-c3cc(C=O)ccc3OC(F)(F)F)cn2)CC1. The summed E-state index contributed by atoms with van der Waals surface area (Å²) in [6, 6.07) is 3.73. The minimum Gasteiger partial charge on any atom is -0.444 e. The molecule has 10 heteroatoms. The molecule has 1 aromatic carbocycles. The van der Waals surface area contributed by atoms with E-state index in [1.54, 1.807) is 15.8 Å². The number of amides is 1. The van der Waals surface area contributed by atoms with Gasteiger partial charge in [0.15, 0.2) is 0 Å². The maximum atomic E-state index is 12.8. The number of piperidine rings is 1. The number of halogens is 3. The number of carbonyl (C=O) groups is 2. The minimum atomic E-state index is -4.85. The van der Waals surface area contributed by atoms with Crippen LogP contribution in [0.1, 0.15) is 44.0 Å². The standard InChI is InChI=1S/C22H26F3N3O4/c1-21(2,3)32-20(30)27-8-6-15(7-9-27)12-28-13-17(11-26-28)18-10-16(14-29)4-5-19(18)31-22(23,24)25/h4-5,10-11,13-15H,6-9,12H2,1-3H3. The zero-order chi connectivity index (χ0) is 23.5. The number of carbonyl (C=O) groups excluding carboxylic acids is 2. The molecule has 0 atom stereocenters. The summed E-state index contributed by atoms with van der Waals surface area (Å²) in [5.74, 6) is -0.137. The first-order valence-electron chi connectivity index (χ1n) is 10.3. The summed E-state index contributed by atoms with van der Waals surface area (Å²) >= 11 is 0. The maximum absolute atomic E-state index is 12.8. The van der Waals surface area contributed by atoms with Crippen molar-refractivity contribution < 1.29 is 32.2 Å². The second kappa shape index (κ2) is 9.22. The van der Waals surface area contributed by atoms with E-state index in [9.17, 15) is 22.8 Å². The molecule has 1 amide bonds. The Labute approximate surface area is 184 Å². The first kappa shape index (κ1) is 23.6. The van der Waals surface area contributed by atoms with Gasteiger partial charge >= 0.3 is 12.5 Å². The lowest BCUT2D eigenvalue weighted by molar-refractivity contribution is -0.274. The van der Waals surface area contributed by atoms with E-state index in [-0.39, 0.29) is 23.1 Å². The van der Waals surface area contributed by atoms with E-state index in [1.807, 2.05) is 20.8 Å². The number of aromatic nitrogens is 2. The predicted molar refractivity (Wildman–Crippen MR) is 110 cm³/mol. The van der Waals surface area contributed by atoms with E-state index in [2.05, 4.69) is 9.84 Å². The average molecular weight is 453 g/mol. The van der Waals surface area contributed by atoms with E-state index in [0.29, 0.717) is 31.5 Å². The van der Waals surface area contributed by atoms with Crippen molar-refractivity contribution in [1.82, 2.24) is 14.7 Å². The van der Waals surface area contributed by atoms with Crippen molar-refractivity contribution in [2.75, 3.05) is 13.1 Å². The van der Waals surface area contributed by atoms with Gasteiger partial charge in [-0.1, -0.05) is 0 Å². The Kier molecular flexibility index (Phi) is 6.80. The fraction of sp³-hybridized carbons (Fsp3) is 0.500. The van der Waals surface area contributed by atoms with E-state index in [0.717, 1.165) is 18.9 Å². The van der Waals surface area contributed by atoms with Crippen LogP contribution in [0.25, 0.3) is 11.1 Å². The van der Waals surface area contributed by atoms with Crippen LogP contribution in [-0.2, 0) is 11.3 Å². The maximum Gasteiger partial charge on any atom is 0.573 e. The predicted octanol–water partition coefficient (Wildman–Crippen LogP) is 4.91. The van der Waals surface area contributed by atoms with Crippen LogP contribution in [0.15, 0.2) is 30.6 Å². The summed E-state index contributed by atoms with van der Waals surface area (Å²) in [6.07, 6.45) is -0.0189. The lowest BCUT2D eigenvalue weighted by Crippen LogP contribution is -2.42.